The summed E-state index contributed by atoms with van der Waals surface area (Å²) in [7, 11) is 1.46. The van der Waals surface area contributed by atoms with Crippen LogP contribution >= 0.6 is 0 Å². The number of methoxy groups -OCH3 is 1. The van der Waals surface area contributed by atoms with Gasteiger partial charge in [0.15, 0.2) is 11.6 Å². The molecule has 0 atom stereocenters. The molecule has 2 aromatic carbocycles. The molecule has 0 spiro atoms. The number of benzene rings is 2. The van der Waals surface area contributed by atoms with E-state index in [1.54, 1.807) is 6.07 Å². The highest BCUT2D eigenvalue weighted by Gasteiger charge is 2.22. The van der Waals surface area contributed by atoms with Gasteiger partial charge in [0.1, 0.15) is 0 Å². The number of hydrogen-bond donors (Lipinski definition) is 0. The highest BCUT2D eigenvalue weighted by Crippen LogP contribution is 2.19. The molecule has 0 aromatic heterocycles. The smallest absolute Gasteiger partial charge is 0.253 e. The molecule has 0 unspecified atom stereocenters. The van der Waals surface area contributed by atoms with Crippen LogP contribution in [0.15, 0.2) is 48.5 Å². The zero-order valence-electron chi connectivity index (χ0n) is 13.7. The van der Waals surface area contributed by atoms with Crippen molar-refractivity contribution in [2.24, 2.45) is 0 Å². The lowest BCUT2D eigenvalue weighted by Gasteiger charge is -2.34. The van der Waals surface area contributed by atoms with Crippen molar-refractivity contribution in [2.45, 2.75) is 6.54 Å². The van der Waals surface area contributed by atoms with Crippen LogP contribution in [0.25, 0.3) is 0 Å². The average molecular weight is 328 g/mol. The lowest BCUT2D eigenvalue weighted by Crippen LogP contribution is -2.48. The van der Waals surface area contributed by atoms with Crippen LogP contribution in [0.3, 0.4) is 0 Å². The first-order chi connectivity index (χ1) is 11.7. The van der Waals surface area contributed by atoms with Gasteiger partial charge in [-0.25, -0.2) is 4.39 Å². The number of hydrogen-bond acceptors (Lipinski definition) is 3. The van der Waals surface area contributed by atoms with Gasteiger partial charge < -0.3 is 9.64 Å². The summed E-state index contributed by atoms with van der Waals surface area (Å²) in [6.45, 7) is 3.62. The summed E-state index contributed by atoms with van der Waals surface area (Å²) in [5.41, 5.74) is 1.64. The van der Waals surface area contributed by atoms with Crippen molar-refractivity contribution in [1.29, 1.82) is 0 Å². The van der Waals surface area contributed by atoms with Crippen molar-refractivity contribution in [3.05, 3.63) is 65.5 Å². The highest BCUT2D eigenvalue weighted by molar-refractivity contribution is 5.94. The molecule has 1 amide bonds. The molecule has 1 heterocycles. The second-order valence-corrected chi connectivity index (χ2v) is 5.90. The van der Waals surface area contributed by atoms with E-state index in [2.05, 4.69) is 4.90 Å². The van der Waals surface area contributed by atoms with Crippen LogP contribution in [0.5, 0.6) is 5.75 Å². The molecule has 0 radical (unpaired) electrons. The van der Waals surface area contributed by atoms with Gasteiger partial charge in [-0.05, 0) is 29.8 Å². The van der Waals surface area contributed by atoms with Crippen LogP contribution < -0.4 is 4.74 Å². The molecule has 0 bridgehead atoms. The summed E-state index contributed by atoms with van der Waals surface area (Å²) in [6.07, 6.45) is 0. The Labute approximate surface area is 141 Å². The predicted octanol–water partition coefficient (Wildman–Crippen LogP) is 2.79. The summed E-state index contributed by atoms with van der Waals surface area (Å²) < 4.78 is 18.7. The average Bonchev–Trinajstić information content (AvgIpc) is 2.63. The fourth-order valence-electron chi connectivity index (χ4n) is 2.94. The van der Waals surface area contributed by atoms with Crippen LogP contribution in [0.1, 0.15) is 15.9 Å². The molecule has 0 N–H and O–H groups in total. The molecule has 1 aliphatic rings. The topological polar surface area (TPSA) is 32.8 Å². The lowest BCUT2D eigenvalue weighted by atomic mass is 10.1. The Morgan fingerprint density at radius 3 is 2.42 bits per heavy atom. The van der Waals surface area contributed by atoms with Gasteiger partial charge in [-0.1, -0.05) is 24.3 Å². The molecule has 2 aromatic rings. The molecule has 1 aliphatic heterocycles. The van der Waals surface area contributed by atoms with Crippen LogP contribution in [0.4, 0.5) is 4.39 Å². The predicted molar refractivity (Wildman–Crippen MR) is 90.6 cm³/mol. The zero-order valence-corrected chi connectivity index (χ0v) is 13.7. The molecule has 126 valence electrons. The van der Waals surface area contributed by atoms with Gasteiger partial charge in [-0.3, -0.25) is 9.69 Å². The lowest BCUT2D eigenvalue weighted by molar-refractivity contribution is 0.0628. The second-order valence-electron chi connectivity index (χ2n) is 5.90. The number of ether oxygens (including phenoxy) is 1. The number of carbonyl (C=O) groups excluding carboxylic acids is 1. The first kappa shape index (κ1) is 16.5. The molecule has 1 fully saturated rings. The van der Waals surface area contributed by atoms with Gasteiger partial charge in [0.25, 0.3) is 5.91 Å². The maximum atomic E-state index is 13.8. The summed E-state index contributed by atoms with van der Waals surface area (Å²) in [5.74, 6) is -0.00402. The maximum absolute atomic E-state index is 13.8. The molecular weight excluding hydrogens is 307 g/mol. The summed E-state index contributed by atoms with van der Waals surface area (Å²) >= 11 is 0. The minimum atomic E-state index is -0.340. The summed E-state index contributed by atoms with van der Waals surface area (Å²) in [6, 6.07) is 14.4. The van der Waals surface area contributed by atoms with E-state index >= 15 is 0 Å². The molecule has 1 saturated heterocycles. The van der Waals surface area contributed by atoms with Crippen molar-refractivity contribution in [3.63, 3.8) is 0 Å². The van der Waals surface area contributed by atoms with E-state index in [1.807, 2.05) is 41.3 Å². The van der Waals surface area contributed by atoms with E-state index in [0.717, 1.165) is 24.2 Å². The minimum absolute atomic E-state index is 0.0748. The number of amides is 1. The quantitative estimate of drug-likeness (QED) is 0.865. The molecule has 3 rings (SSSR count). The van der Waals surface area contributed by atoms with E-state index in [9.17, 15) is 9.18 Å². The number of nitrogens with zero attached hydrogens (tertiary/aromatic N) is 2. The minimum Gasteiger partial charge on any atom is -0.494 e. The van der Waals surface area contributed by atoms with Crippen molar-refractivity contribution < 1.29 is 13.9 Å². The Balaban J connectivity index is 1.55. The standard InChI is InChI=1S/C19H21FN2O2/c1-24-18-8-7-15(13-17(18)20)14-21-9-11-22(12-10-21)19(23)16-5-3-2-4-6-16/h2-8,13H,9-12,14H2,1H3. The van der Waals surface area contributed by atoms with Crippen molar-refractivity contribution in [1.82, 2.24) is 9.80 Å². The molecule has 4 nitrogen and oxygen atoms in total. The van der Waals surface area contributed by atoms with Crippen molar-refractivity contribution >= 4 is 5.91 Å². The van der Waals surface area contributed by atoms with Gasteiger partial charge in [-0.15, -0.1) is 0 Å². The van der Waals surface area contributed by atoms with Gasteiger partial charge in [0.05, 0.1) is 7.11 Å². The Morgan fingerprint density at radius 2 is 1.79 bits per heavy atom. The van der Waals surface area contributed by atoms with E-state index in [0.29, 0.717) is 19.6 Å². The number of rotatable bonds is 4. The first-order valence-electron chi connectivity index (χ1n) is 8.06. The second kappa shape index (κ2) is 7.45. The normalized spacial score (nSPS) is 15.3. The fourth-order valence-corrected chi connectivity index (χ4v) is 2.94. The molecule has 24 heavy (non-hydrogen) atoms. The van der Waals surface area contributed by atoms with Crippen LogP contribution in [0.2, 0.25) is 0 Å². The van der Waals surface area contributed by atoms with E-state index < -0.39 is 0 Å². The SMILES string of the molecule is COc1ccc(CN2CCN(C(=O)c3ccccc3)CC2)cc1F. The fraction of sp³-hybridized carbons (Fsp3) is 0.316. The van der Waals surface area contributed by atoms with Gasteiger partial charge >= 0.3 is 0 Å². The number of piperazine rings is 1. The Kier molecular flexibility index (Phi) is 5.11. The van der Waals surface area contributed by atoms with Crippen LogP contribution in [0, 0.1) is 5.82 Å². The Bertz CT molecular complexity index is 698. The van der Waals surface area contributed by atoms with Crippen LogP contribution in [-0.4, -0.2) is 49.0 Å². The van der Waals surface area contributed by atoms with E-state index in [-0.39, 0.29) is 17.5 Å². The number of halogens is 1. The first-order valence-corrected chi connectivity index (χ1v) is 8.06. The van der Waals surface area contributed by atoms with Crippen molar-refractivity contribution in [3.8, 4) is 5.75 Å². The van der Waals surface area contributed by atoms with Gasteiger partial charge in [0, 0.05) is 38.3 Å². The third kappa shape index (κ3) is 3.74. The molecule has 0 aliphatic carbocycles. The van der Waals surface area contributed by atoms with Crippen LogP contribution in [-0.2, 0) is 6.54 Å². The molecule has 0 saturated carbocycles. The van der Waals surface area contributed by atoms with E-state index in [1.165, 1.54) is 13.2 Å². The highest BCUT2D eigenvalue weighted by atomic mass is 19.1. The molecular formula is C19H21FN2O2. The van der Waals surface area contributed by atoms with Gasteiger partial charge in [-0.2, -0.15) is 0 Å². The van der Waals surface area contributed by atoms with E-state index in [4.69, 9.17) is 4.74 Å². The van der Waals surface area contributed by atoms with Crippen molar-refractivity contribution in [2.75, 3.05) is 33.3 Å². The maximum Gasteiger partial charge on any atom is 0.253 e. The third-order valence-electron chi connectivity index (χ3n) is 4.30. The Hall–Kier alpha value is -2.40. The van der Waals surface area contributed by atoms with Gasteiger partial charge in [0.2, 0.25) is 0 Å². The third-order valence-corrected chi connectivity index (χ3v) is 4.30. The number of carbonyl (C=O) groups is 1. The Morgan fingerprint density at radius 1 is 1.08 bits per heavy atom. The monoisotopic (exact) mass is 328 g/mol. The molecule has 5 heteroatoms. The zero-order chi connectivity index (χ0) is 16.9. The largest absolute Gasteiger partial charge is 0.494 e. The summed E-state index contributed by atoms with van der Waals surface area (Å²) in [5, 5.41) is 0. The summed E-state index contributed by atoms with van der Waals surface area (Å²) in [4.78, 5) is 16.5.